The van der Waals surface area contributed by atoms with Crippen molar-refractivity contribution in [3.8, 4) is 0 Å². The van der Waals surface area contributed by atoms with E-state index in [2.05, 4.69) is 16.5 Å². The van der Waals surface area contributed by atoms with E-state index in [1.807, 2.05) is 25.2 Å². The molecule has 0 fully saturated rings. The lowest BCUT2D eigenvalue weighted by atomic mass is 9.90. The van der Waals surface area contributed by atoms with Crippen molar-refractivity contribution in [3.05, 3.63) is 52.8 Å². The summed E-state index contributed by atoms with van der Waals surface area (Å²) in [7, 11) is 3.50. The lowest BCUT2D eigenvalue weighted by Crippen LogP contribution is -2.32. The summed E-state index contributed by atoms with van der Waals surface area (Å²) >= 11 is 0. The van der Waals surface area contributed by atoms with E-state index in [0.29, 0.717) is 12.2 Å². The second kappa shape index (κ2) is 6.96. The van der Waals surface area contributed by atoms with Crippen LogP contribution in [0.2, 0.25) is 0 Å². The van der Waals surface area contributed by atoms with Crippen molar-refractivity contribution < 1.29 is 9.53 Å². The number of aryl methyl sites for hydroxylation is 3. The average Bonchev–Trinajstić information content (AvgIpc) is 3.00. The SMILES string of the molecule is COC[C@H](NC(=O)c1ccc2c(c1)CCCC2)c1ccnn1C. The second-order valence-electron chi connectivity index (χ2n) is 6.05. The Labute approximate surface area is 136 Å². The first-order chi connectivity index (χ1) is 11.2. The quantitative estimate of drug-likeness (QED) is 0.922. The minimum Gasteiger partial charge on any atom is -0.382 e. The average molecular weight is 313 g/mol. The summed E-state index contributed by atoms with van der Waals surface area (Å²) in [4.78, 5) is 12.6. The van der Waals surface area contributed by atoms with Crippen molar-refractivity contribution >= 4 is 5.91 Å². The predicted molar refractivity (Wildman–Crippen MR) is 88.4 cm³/mol. The van der Waals surface area contributed by atoms with E-state index < -0.39 is 0 Å². The van der Waals surface area contributed by atoms with E-state index in [9.17, 15) is 4.79 Å². The number of ether oxygens (including phenoxy) is 1. The Balaban J connectivity index is 1.78. The maximum Gasteiger partial charge on any atom is 0.251 e. The zero-order chi connectivity index (χ0) is 16.2. The zero-order valence-electron chi connectivity index (χ0n) is 13.7. The molecule has 0 radical (unpaired) electrons. The van der Waals surface area contributed by atoms with Crippen molar-refractivity contribution in [2.45, 2.75) is 31.7 Å². The summed E-state index contributed by atoms with van der Waals surface area (Å²) in [5, 5.41) is 7.23. The molecule has 0 unspecified atom stereocenters. The highest BCUT2D eigenvalue weighted by molar-refractivity contribution is 5.94. The first kappa shape index (κ1) is 15.7. The van der Waals surface area contributed by atoms with E-state index in [1.54, 1.807) is 18.0 Å². The molecule has 0 bridgehead atoms. The Morgan fingerprint density at radius 1 is 1.30 bits per heavy atom. The third-order valence-electron chi connectivity index (χ3n) is 4.47. The van der Waals surface area contributed by atoms with Crippen LogP contribution in [0.25, 0.3) is 0 Å². The van der Waals surface area contributed by atoms with Crippen molar-refractivity contribution in [2.24, 2.45) is 7.05 Å². The minimum absolute atomic E-state index is 0.0679. The molecule has 1 aliphatic carbocycles. The summed E-state index contributed by atoms with van der Waals surface area (Å²) < 4.78 is 7.01. The molecule has 3 rings (SSSR count). The van der Waals surface area contributed by atoms with Gasteiger partial charge in [-0.15, -0.1) is 0 Å². The smallest absolute Gasteiger partial charge is 0.251 e. The van der Waals surface area contributed by atoms with Crippen LogP contribution in [0.3, 0.4) is 0 Å². The normalized spacial score (nSPS) is 15.0. The highest BCUT2D eigenvalue weighted by Crippen LogP contribution is 2.22. The lowest BCUT2D eigenvalue weighted by molar-refractivity contribution is 0.0892. The van der Waals surface area contributed by atoms with Crippen LogP contribution in [0, 0.1) is 0 Å². The number of amides is 1. The fourth-order valence-electron chi connectivity index (χ4n) is 3.21. The van der Waals surface area contributed by atoms with Crippen molar-refractivity contribution in [1.82, 2.24) is 15.1 Å². The highest BCUT2D eigenvalue weighted by atomic mass is 16.5. The van der Waals surface area contributed by atoms with E-state index in [4.69, 9.17) is 4.74 Å². The fourth-order valence-corrected chi connectivity index (χ4v) is 3.21. The van der Waals surface area contributed by atoms with Crippen LogP contribution in [0.15, 0.2) is 30.5 Å². The van der Waals surface area contributed by atoms with Crippen LogP contribution in [0.1, 0.15) is 46.1 Å². The number of benzene rings is 1. The van der Waals surface area contributed by atoms with Crippen LogP contribution in [0.5, 0.6) is 0 Å². The molecule has 0 aliphatic heterocycles. The number of carbonyl (C=O) groups excluding carboxylic acids is 1. The summed E-state index contributed by atoms with van der Waals surface area (Å²) in [5.41, 5.74) is 4.34. The molecule has 1 aromatic heterocycles. The van der Waals surface area contributed by atoms with Crippen molar-refractivity contribution in [2.75, 3.05) is 13.7 Å². The van der Waals surface area contributed by atoms with Crippen LogP contribution < -0.4 is 5.32 Å². The molecule has 1 amide bonds. The van der Waals surface area contributed by atoms with Gasteiger partial charge in [-0.2, -0.15) is 5.10 Å². The number of rotatable bonds is 5. The molecule has 5 nitrogen and oxygen atoms in total. The Bertz CT molecular complexity index is 693. The number of nitrogens with zero attached hydrogens (tertiary/aromatic N) is 2. The molecule has 2 aromatic rings. The molecule has 5 heteroatoms. The Hall–Kier alpha value is -2.14. The van der Waals surface area contributed by atoms with Crippen LogP contribution >= 0.6 is 0 Å². The Kier molecular flexibility index (Phi) is 4.76. The van der Waals surface area contributed by atoms with E-state index in [-0.39, 0.29) is 11.9 Å². The number of hydrogen-bond acceptors (Lipinski definition) is 3. The second-order valence-corrected chi connectivity index (χ2v) is 6.05. The van der Waals surface area contributed by atoms with Crippen LogP contribution in [-0.4, -0.2) is 29.4 Å². The number of methoxy groups -OCH3 is 1. The van der Waals surface area contributed by atoms with Gasteiger partial charge >= 0.3 is 0 Å². The fraction of sp³-hybridized carbons (Fsp3) is 0.444. The maximum absolute atomic E-state index is 12.6. The van der Waals surface area contributed by atoms with Crippen molar-refractivity contribution in [3.63, 3.8) is 0 Å². The monoisotopic (exact) mass is 313 g/mol. The minimum atomic E-state index is -0.212. The molecule has 0 saturated carbocycles. The third kappa shape index (κ3) is 3.45. The third-order valence-corrected chi connectivity index (χ3v) is 4.47. The number of nitrogens with one attached hydrogen (secondary N) is 1. The van der Waals surface area contributed by atoms with Gasteiger partial charge in [0.05, 0.1) is 18.3 Å². The van der Waals surface area contributed by atoms with Gasteiger partial charge in [0.2, 0.25) is 0 Å². The summed E-state index contributed by atoms with van der Waals surface area (Å²) in [6, 6.07) is 7.75. The van der Waals surface area contributed by atoms with Gasteiger partial charge in [0.1, 0.15) is 0 Å². The molecule has 0 spiro atoms. The molecule has 122 valence electrons. The summed E-state index contributed by atoms with van der Waals surface area (Å²) in [6.45, 7) is 0.413. The number of hydrogen-bond donors (Lipinski definition) is 1. The predicted octanol–water partition coefficient (Wildman–Crippen LogP) is 2.42. The van der Waals surface area contributed by atoms with E-state index >= 15 is 0 Å². The van der Waals surface area contributed by atoms with Gasteiger partial charge in [0.15, 0.2) is 0 Å². The first-order valence-corrected chi connectivity index (χ1v) is 8.08. The van der Waals surface area contributed by atoms with Gasteiger partial charge in [-0.3, -0.25) is 9.48 Å². The molecule has 23 heavy (non-hydrogen) atoms. The Morgan fingerprint density at radius 2 is 2.09 bits per heavy atom. The van der Waals surface area contributed by atoms with E-state index in [1.165, 1.54) is 24.0 Å². The molecule has 1 N–H and O–H groups in total. The lowest BCUT2D eigenvalue weighted by Gasteiger charge is -2.20. The topological polar surface area (TPSA) is 56.1 Å². The number of fused-ring (bicyclic) bond motifs is 1. The largest absolute Gasteiger partial charge is 0.382 e. The molecule has 1 atom stereocenters. The molecular formula is C18H23N3O2. The van der Waals surface area contributed by atoms with Gasteiger partial charge in [-0.25, -0.2) is 0 Å². The van der Waals surface area contributed by atoms with Gasteiger partial charge in [-0.05, 0) is 55.0 Å². The van der Waals surface area contributed by atoms with Gasteiger partial charge in [0.25, 0.3) is 5.91 Å². The highest BCUT2D eigenvalue weighted by Gasteiger charge is 2.19. The molecule has 1 aliphatic rings. The Morgan fingerprint density at radius 3 is 2.78 bits per heavy atom. The summed E-state index contributed by atoms with van der Waals surface area (Å²) in [5.74, 6) is -0.0679. The van der Waals surface area contributed by atoms with E-state index in [0.717, 1.165) is 18.5 Å². The number of aromatic nitrogens is 2. The van der Waals surface area contributed by atoms with Gasteiger partial charge in [-0.1, -0.05) is 6.07 Å². The van der Waals surface area contributed by atoms with Crippen LogP contribution in [0.4, 0.5) is 0 Å². The molecular weight excluding hydrogens is 290 g/mol. The van der Waals surface area contributed by atoms with Crippen LogP contribution in [-0.2, 0) is 24.6 Å². The van der Waals surface area contributed by atoms with Crippen molar-refractivity contribution in [1.29, 1.82) is 0 Å². The molecule has 0 saturated heterocycles. The molecule has 1 aromatic carbocycles. The first-order valence-electron chi connectivity index (χ1n) is 8.08. The number of carbonyl (C=O) groups is 1. The molecule has 1 heterocycles. The standard InChI is InChI=1S/C18H23N3O2/c1-21-17(9-10-19-21)16(12-23-2)20-18(22)15-8-7-13-5-3-4-6-14(13)11-15/h7-11,16H,3-6,12H2,1-2H3,(H,20,22)/t16-/m0/s1. The maximum atomic E-state index is 12.6. The van der Waals surface area contributed by atoms with Gasteiger partial charge < -0.3 is 10.1 Å². The summed E-state index contributed by atoms with van der Waals surface area (Å²) in [6.07, 6.45) is 6.37. The zero-order valence-corrected chi connectivity index (χ0v) is 13.7. The van der Waals surface area contributed by atoms with Gasteiger partial charge in [0, 0.05) is 25.9 Å².